The fraction of sp³-hybridized carbons (Fsp3) is 0.692. The van der Waals surface area contributed by atoms with Gasteiger partial charge in [0.1, 0.15) is 6.04 Å². The molecular weight excluding hydrogens is 230 g/mol. The van der Waals surface area contributed by atoms with Crippen LogP contribution in [0, 0.1) is 12.3 Å². The molecular formula is C13H21N3O2. The first-order chi connectivity index (χ1) is 8.65. The third-order valence-electron chi connectivity index (χ3n) is 2.93. The predicted molar refractivity (Wildman–Crippen MR) is 69.7 cm³/mol. The summed E-state index contributed by atoms with van der Waals surface area (Å²) >= 11 is 0. The van der Waals surface area contributed by atoms with Crippen molar-refractivity contribution in [3.05, 3.63) is 0 Å². The van der Waals surface area contributed by atoms with Crippen molar-refractivity contribution in [2.45, 2.75) is 32.2 Å². The first kappa shape index (κ1) is 14.5. The van der Waals surface area contributed by atoms with Gasteiger partial charge in [-0.25, -0.2) is 0 Å². The Morgan fingerprint density at radius 3 is 2.61 bits per heavy atom. The molecule has 100 valence electrons. The highest BCUT2D eigenvalue weighted by Gasteiger charge is 2.22. The molecule has 0 aromatic heterocycles. The highest BCUT2D eigenvalue weighted by atomic mass is 16.2. The summed E-state index contributed by atoms with van der Waals surface area (Å²) in [5, 5.41) is 5.46. The molecule has 1 atom stereocenters. The summed E-state index contributed by atoms with van der Waals surface area (Å²) in [7, 11) is 0. The Kier molecular flexibility index (Phi) is 6.23. The van der Waals surface area contributed by atoms with E-state index in [4.69, 9.17) is 6.42 Å². The number of amides is 2. The highest BCUT2D eigenvalue weighted by molar-refractivity contribution is 5.88. The highest BCUT2D eigenvalue weighted by Crippen LogP contribution is 2.09. The summed E-state index contributed by atoms with van der Waals surface area (Å²) in [6.45, 7) is 3.81. The van der Waals surface area contributed by atoms with E-state index < -0.39 is 6.04 Å². The zero-order chi connectivity index (χ0) is 13.4. The van der Waals surface area contributed by atoms with Crippen molar-refractivity contribution in [3.8, 4) is 12.3 Å². The van der Waals surface area contributed by atoms with Crippen molar-refractivity contribution in [2.75, 3.05) is 26.2 Å². The number of terminal acetylenes is 1. The average molecular weight is 251 g/mol. The molecule has 2 amide bonds. The number of carbonyl (C=O) groups excluding carboxylic acids is 2. The number of likely N-dealkylation sites (tertiary alicyclic amines) is 1. The van der Waals surface area contributed by atoms with Gasteiger partial charge in [0.2, 0.25) is 11.8 Å². The monoisotopic (exact) mass is 251 g/mol. The number of rotatable bonds is 5. The van der Waals surface area contributed by atoms with Crippen molar-refractivity contribution in [1.82, 2.24) is 15.5 Å². The minimum absolute atomic E-state index is 0.000000131. The van der Waals surface area contributed by atoms with Crippen LogP contribution in [0.2, 0.25) is 0 Å². The summed E-state index contributed by atoms with van der Waals surface area (Å²) in [4.78, 5) is 25.3. The van der Waals surface area contributed by atoms with Gasteiger partial charge >= 0.3 is 0 Å². The van der Waals surface area contributed by atoms with E-state index in [1.54, 1.807) is 6.92 Å². The molecule has 0 spiro atoms. The van der Waals surface area contributed by atoms with Gasteiger partial charge in [0.05, 0.1) is 13.1 Å². The quantitative estimate of drug-likeness (QED) is 0.522. The molecule has 1 heterocycles. The van der Waals surface area contributed by atoms with Crippen molar-refractivity contribution < 1.29 is 9.59 Å². The maximum atomic E-state index is 12.0. The van der Waals surface area contributed by atoms with E-state index in [-0.39, 0.29) is 18.4 Å². The topological polar surface area (TPSA) is 61.4 Å². The minimum Gasteiger partial charge on any atom is -0.343 e. The Balaban J connectivity index is 2.30. The number of nitrogens with zero attached hydrogens (tertiary/aromatic N) is 1. The molecule has 0 aliphatic carbocycles. The largest absolute Gasteiger partial charge is 0.343 e. The Hall–Kier alpha value is -1.54. The Labute approximate surface area is 108 Å². The SMILES string of the molecule is C#CCNCC(=O)NC(C)C(=O)N1CCCCC1. The maximum absolute atomic E-state index is 12.0. The molecule has 1 aliphatic rings. The first-order valence-electron chi connectivity index (χ1n) is 6.37. The van der Waals surface area contributed by atoms with Crippen molar-refractivity contribution in [2.24, 2.45) is 0 Å². The Bertz CT molecular complexity index is 330. The van der Waals surface area contributed by atoms with E-state index in [1.165, 1.54) is 6.42 Å². The summed E-state index contributed by atoms with van der Waals surface area (Å²) in [5.41, 5.74) is 0. The molecule has 1 aliphatic heterocycles. The van der Waals surface area contributed by atoms with E-state index in [0.717, 1.165) is 25.9 Å². The lowest BCUT2D eigenvalue weighted by molar-refractivity contribution is -0.136. The molecule has 0 bridgehead atoms. The van der Waals surface area contributed by atoms with Gasteiger partial charge in [-0.05, 0) is 26.2 Å². The maximum Gasteiger partial charge on any atom is 0.244 e. The first-order valence-corrected chi connectivity index (χ1v) is 6.37. The van der Waals surface area contributed by atoms with E-state index in [2.05, 4.69) is 16.6 Å². The summed E-state index contributed by atoms with van der Waals surface area (Å²) in [6, 6.07) is -0.469. The van der Waals surface area contributed by atoms with Crippen LogP contribution in [-0.2, 0) is 9.59 Å². The van der Waals surface area contributed by atoms with Gasteiger partial charge in [-0.15, -0.1) is 6.42 Å². The predicted octanol–water partition coefficient (Wildman–Crippen LogP) is -0.274. The van der Waals surface area contributed by atoms with E-state index >= 15 is 0 Å². The van der Waals surface area contributed by atoms with E-state index in [0.29, 0.717) is 6.54 Å². The van der Waals surface area contributed by atoms with Crippen LogP contribution >= 0.6 is 0 Å². The molecule has 5 heteroatoms. The van der Waals surface area contributed by atoms with Crippen LogP contribution in [-0.4, -0.2) is 48.9 Å². The molecule has 0 radical (unpaired) electrons. The van der Waals surface area contributed by atoms with Crippen molar-refractivity contribution >= 4 is 11.8 Å². The van der Waals surface area contributed by atoms with Gasteiger partial charge < -0.3 is 10.2 Å². The van der Waals surface area contributed by atoms with E-state index in [9.17, 15) is 9.59 Å². The molecule has 5 nitrogen and oxygen atoms in total. The number of hydrogen-bond donors (Lipinski definition) is 2. The summed E-state index contributed by atoms with van der Waals surface area (Å²) in [5.74, 6) is 2.18. The molecule has 1 saturated heterocycles. The minimum atomic E-state index is -0.469. The number of hydrogen-bond acceptors (Lipinski definition) is 3. The number of carbonyl (C=O) groups is 2. The lowest BCUT2D eigenvalue weighted by Crippen LogP contribution is -2.50. The fourth-order valence-corrected chi connectivity index (χ4v) is 1.99. The van der Waals surface area contributed by atoms with Gasteiger partial charge in [0.25, 0.3) is 0 Å². The van der Waals surface area contributed by atoms with Gasteiger partial charge in [-0.1, -0.05) is 5.92 Å². The van der Waals surface area contributed by atoms with Crippen LogP contribution in [0.25, 0.3) is 0 Å². The Morgan fingerprint density at radius 2 is 2.00 bits per heavy atom. The second-order valence-corrected chi connectivity index (χ2v) is 4.48. The third-order valence-corrected chi connectivity index (χ3v) is 2.93. The van der Waals surface area contributed by atoms with Gasteiger partial charge in [0.15, 0.2) is 0 Å². The molecule has 1 fully saturated rings. The molecule has 18 heavy (non-hydrogen) atoms. The lowest BCUT2D eigenvalue weighted by atomic mass is 10.1. The molecule has 2 N–H and O–H groups in total. The zero-order valence-corrected chi connectivity index (χ0v) is 10.9. The fourth-order valence-electron chi connectivity index (χ4n) is 1.99. The normalized spacial score (nSPS) is 16.8. The second-order valence-electron chi connectivity index (χ2n) is 4.48. The molecule has 0 aromatic rings. The van der Waals surface area contributed by atoms with Crippen LogP contribution in [0.3, 0.4) is 0 Å². The van der Waals surface area contributed by atoms with Crippen molar-refractivity contribution in [1.29, 1.82) is 0 Å². The van der Waals surface area contributed by atoms with Crippen LogP contribution in [0.5, 0.6) is 0 Å². The van der Waals surface area contributed by atoms with Gasteiger partial charge in [-0.2, -0.15) is 0 Å². The van der Waals surface area contributed by atoms with Crippen LogP contribution in [0.15, 0.2) is 0 Å². The lowest BCUT2D eigenvalue weighted by Gasteiger charge is -2.29. The molecule has 1 unspecified atom stereocenters. The van der Waals surface area contributed by atoms with Crippen LogP contribution in [0.4, 0.5) is 0 Å². The number of piperidine rings is 1. The smallest absolute Gasteiger partial charge is 0.244 e. The standard InChI is InChI=1S/C13H21N3O2/c1-3-7-14-10-12(17)15-11(2)13(18)16-8-5-4-6-9-16/h1,11,14H,4-10H2,2H3,(H,15,17). The second kappa shape index (κ2) is 7.72. The van der Waals surface area contributed by atoms with Crippen LogP contribution in [0.1, 0.15) is 26.2 Å². The zero-order valence-electron chi connectivity index (χ0n) is 10.9. The summed E-state index contributed by atoms with van der Waals surface area (Å²) < 4.78 is 0. The van der Waals surface area contributed by atoms with Crippen molar-refractivity contribution in [3.63, 3.8) is 0 Å². The van der Waals surface area contributed by atoms with Gasteiger partial charge in [-0.3, -0.25) is 14.9 Å². The van der Waals surface area contributed by atoms with E-state index in [1.807, 2.05) is 4.90 Å². The molecule has 0 aromatic carbocycles. The Morgan fingerprint density at radius 1 is 1.33 bits per heavy atom. The van der Waals surface area contributed by atoms with Crippen LogP contribution < -0.4 is 10.6 Å². The summed E-state index contributed by atoms with van der Waals surface area (Å²) in [6.07, 6.45) is 8.34. The molecule has 0 saturated carbocycles. The average Bonchev–Trinajstić information content (AvgIpc) is 2.39. The molecule has 1 rings (SSSR count). The third kappa shape index (κ3) is 4.76. The number of nitrogens with one attached hydrogen (secondary N) is 2. The van der Waals surface area contributed by atoms with Gasteiger partial charge in [0, 0.05) is 13.1 Å².